The predicted octanol–water partition coefficient (Wildman–Crippen LogP) is 1.30. The zero-order valence-corrected chi connectivity index (χ0v) is 10.6. The van der Waals surface area contributed by atoms with Crippen molar-refractivity contribution in [2.45, 2.75) is 32.2 Å². The Kier molecular flexibility index (Phi) is 3.61. The summed E-state index contributed by atoms with van der Waals surface area (Å²) in [4.78, 5) is 14.9. The highest BCUT2D eigenvalue weighted by atomic mass is 16.5. The monoisotopic (exact) mass is 237 g/mol. The van der Waals surface area contributed by atoms with Crippen LogP contribution in [0.2, 0.25) is 0 Å². The van der Waals surface area contributed by atoms with E-state index in [1.54, 1.807) is 7.11 Å². The first-order valence-electron chi connectivity index (χ1n) is 6.01. The van der Waals surface area contributed by atoms with Crippen molar-refractivity contribution in [3.63, 3.8) is 0 Å². The van der Waals surface area contributed by atoms with Gasteiger partial charge >= 0.3 is 6.01 Å². The van der Waals surface area contributed by atoms with Crippen LogP contribution in [0.3, 0.4) is 0 Å². The molecule has 1 N–H and O–H groups in total. The van der Waals surface area contributed by atoms with E-state index in [2.05, 4.69) is 32.1 Å². The molecule has 1 aliphatic rings. The Morgan fingerprint density at radius 3 is 2.71 bits per heavy atom. The molecule has 1 fully saturated rings. The van der Waals surface area contributed by atoms with Crippen LogP contribution in [0.15, 0.2) is 0 Å². The molecule has 0 spiro atoms. The van der Waals surface area contributed by atoms with Crippen molar-refractivity contribution in [1.82, 2.24) is 15.0 Å². The molecule has 6 heteroatoms. The second kappa shape index (κ2) is 5.16. The Morgan fingerprint density at radius 2 is 2.12 bits per heavy atom. The highest BCUT2D eigenvalue weighted by Gasteiger charge is 2.28. The molecular weight excluding hydrogens is 218 g/mol. The maximum Gasteiger partial charge on any atom is 0.322 e. The van der Waals surface area contributed by atoms with Gasteiger partial charge in [0.25, 0.3) is 0 Å². The van der Waals surface area contributed by atoms with Gasteiger partial charge in [0, 0.05) is 19.6 Å². The summed E-state index contributed by atoms with van der Waals surface area (Å²) < 4.78 is 5.10. The Balaban J connectivity index is 2.18. The number of nitrogens with one attached hydrogen (secondary N) is 1. The normalized spacial score (nSPS) is 14.5. The van der Waals surface area contributed by atoms with Crippen LogP contribution in [0.1, 0.15) is 26.2 Å². The lowest BCUT2D eigenvalue weighted by Gasteiger charge is -2.17. The molecule has 17 heavy (non-hydrogen) atoms. The summed E-state index contributed by atoms with van der Waals surface area (Å²) in [6.07, 6.45) is 3.45. The fraction of sp³-hybridized carbons (Fsp3) is 0.727. The van der Waals surface area contributed by atoms with Crippen LogP contribution >= 0.6 is 0 Å². The van der Waals surface area contributed by atoms with Gasteiger partial charge in [0.15, 0.2) is 0 Å². The molecular formula is C11H19N5O. The van der Waals surface area contributed by atoms with Crippen LogP contribution < -0.4 is 15.0 Å². The third-order valence-corrected chi connectivity index (χ3v) is 2.73. The number of methoxy groups -OCH3 is 1. The summed E-state index contributed by atoms with van der Waals surface area (Å²) in [7, 11) is 3.58. The van der Waals surface area contributed by atoms with Gasteiger partial charge in [0.05, 0.1) is 7.11 Å². The molecule has 2 rings (SSSR count). The number of hydrogen-bond acceptors (Lipinski definition) is 6. The maximum atomic E-state index is 5.10. The van der Waals surface area contributed by atoms with Crippen LogP contribution in [0, 0.1) is 0 Å². The van der Waals surface area contributed by atoms with E-state index in [1.807, 2.05) is 7.05 Å². The largest absolute Gasteiger partial charge is 0.467 e. The van der Waals surface area contributed by atoms with Crippen LogP contribution in [-0.2, 0) is 0 Å². The summed E-state index contributed by atoms with van der Waals surface area (Å²) in [6.45, 7) is 2.95. The quantitative estimate of drug-likeness (QED) is 0.804. The van der Waals surface area contributed by atoms with Crippen molar-refractivity contribution in [2.24, 2.45) is 0 Å². The van der Waals surface area contributed by atoms with Crippen molar-refractivity contribution in [3.05, 3.63) is 0 Å². The molecule has 94 valence electrons. The lowest BCUT2D eigenvalue weighted by Crippen LogP contribution is -2.23. The third-order valence-electron chi connectivity index (χ3n) is 2.73. The van der Waals surface area contributed by atoms with E-state index in [0.29, 0.717) is 23.9 Å². The first kappa shape index (κ1) is 11.9. The van der Waals surface area contributed by atoms with Crippen molar-refractivity contribution in [1.29, 1.82) is 0 Å². The number of ether oxygens (including phenoxy) is 1. The van der Waals surface area contributed by atoms with Gasteiger partial charge in [-0.05, 0) is 19.3 Å². The molecule has 0 bridgehead atoms. The standard InChI is InChI=1S/C11H19N5O/c1-4-7-12-9-13-10(15-11(14-9)17-3)16(2)8-5-6-8/h8H,4-7H2,1-3H3,(H,12,13,14,15). The lowest BCUT2D eigenvalue weighted by molar-refractivity contribution is 0.379. The number of anilines is 2. The molecule has 0 aromatic carbocycles. The molecule has 0 atom stereocenters. The number of rotatable bonds is 6. The minimum absolute atomic E-state index is 0.362. The smallest absolute Gasteiger partial charge is 0.322 e. The van der Waals surface area contributed by atoms with Crippen LogP contribution in [0.25, 0.3) is 0 Å². The van der Waals surface area contributed by atoms with Gasteiger partial charge < -0.3 is 15.0 Å². The van der Waals surface area contributed by atoms with E-state index < -0.39 is 0 Å². The van der Waals surface area contributed by atoms with Crippen molar-refractivity contribution < 1.29 is 4.74 Å². The Hall–Kier alpha value is -1.59. The fourth-order valence-corrected chi connectivity index (χ4v) is 1.54. The van der Waals surface area contributed by atoms with E-state index in [0.717, 1.165) is 13.0 Å². The molecule has 0 unspecified atom stereocenters. The molecule has 1 heterocycles. The number of hydrogen-bond donors (Lipinski definition) is 1. The Morgan fingerprint density at radius 1 is 1.35 bits per heavy atom. The first-order chi connectivity index (χ1) is 8.24. The predicted molar refractivity (Wildman–Crippen MR) is 66.6 cm³/mol. The van der Waals surface area contributed by atoms with Gasteiger partial charge in [0.1, 0.15) is 0 Å². The van der Waals surface area contributed by atoms with Gasteiger partial charge in [-0.15, -0.1) is 0 Å². The molecule has 0 saturated heterocycles. The number of nitrogens with zero attached hydrogens (tertiary/aromatic N) is 4. The molecule has 1 aromatic heterocycles. The van der Waals surface area contributed by atoms with Crippen molar-refractivity contribution >= 4 is 11.9 Å². The van der Waals surface area contributed by atoms with E-state index in [-0.39, 0.29) is 0 Å². The van der Waals surface area contributed by atoms with Gasteiger partial charge in [0.2, 0.25) is 11.9 Å². The highest BCUT2D eigenvalue weighted by Crippen LogP contribution is 2.28. The average molecular weight is 237 g/mol. The zero-order chi connectivity index (χ0) is 12.3. The second-order valence-electron chi connectivity index (χ2n) is 4.21. The summed E-state index contributed by atoms with van der Waals surface area (Å²) in [5, 5.41) is 3.15. The first-order valence-corrected chi connectivity index (χ1v) is 6.01. The summed E-state index contributed by atoms with van der Waals surface area (Å²) in [6, 6.07) is 0.933. The average Bonchev–Trinajstić information content (AvgIpc) is 3.19. The molecule has 1 aromatic rings. The van der Waals surface area contributed by atoms with Crippen molar-refractivity contribution in [2.75, 3.05) is 30.9 Å². The highest BCUT2D eigenvalue weighted by molar-refractivity contribution is 5.39. The summed E-state index contributed by atoms with van der Waals surface area (Å²) in [5.74, 6) is 1.26. The molecule has 0 aliphatic heterocycles. The molecule has 1 saturated carbocycles. The van der Waals surface area contributed by atoms with Crippen LogP contribution in [0.5, 0.6) is 6.01 Å². The van der Waals surface area contributed by atoms with Gasteiger partial charge in [-0.25, -0.2) is 0 Å². The van der Waals surface area contributed by atoms with E-state index in [9.17, 15) is 0 Å². The SMILES string of the molecule is CCCNc1nc(OC)nc(N(C)C2CC2)n1. The van der Waals surface area contributed by atoms with Crippen LogP contribution in [0.4, 0.5) is 11.9 Å². The molecule has 1 aliphatic carbocycles. The third kappa shape index (κ3) is 2.95. The molecule has 0 amide bonds. The van der Waals surface area contributed by atoms with Crippen LogP contribution in [-0.4, -0.2) is 41.7 Å². The minimum atomic E-state index is 0.362. The number of aromatic nitrogens is 3. The van der Waals surface area contributed by atoms with E-state index >= 15 is 0 Å². The van der Waals surface area contributed by atoms with Gasteiger partial charge in [-0.1, -0.05) is 6.92 Å². The topological polar surface area (TPSA) is 63.2 Å². The van der Waals surface area contributed by atoms with Gasteiger partial charge in [-0.3, -0.25) is 0 Å². The second-order valence-corrected chi connectivity index (χ2v) is 4.21. The molecule has 0 radical (unpaired) electrons. The zero-order valence-electron chi connectivity index (χ0n) is 10.6. The summed E-state index contributed by atoms with van der Waals surface area (Å²) >= 11 is 0. The van der Waals surface area contributed by atoms with Crippen molar-refractivity contribution in [3.8, 4) is 6.01 Å². The van der Waals surface area contributed by atoms with E-state index in [4.69, 9.17) is 4.74 Å². The minimum Gasteiger partial charge on any atom is -0.467 e. The van der Waals surface area contributed by atoms with E-state index in [1.165, 1.54) is 12.8 Å². The summed E-state index contributed by atoms with van der Waals surface area (Å²) in [5.41, 5.74) is 0. The Bertz CT molecular complexity index is 380. The lowest BCUT2D eigenvalue weighted by atomic mass is 10.5. The Labute approximate surface area is 101 Å². The van der Waals surface area contributed by atoms with Gasteiger partial charge in [-0.2, -0.15) is 15.0 Å². The fourth-order valence-electron chi connectivity index (χ4n) is 1.54. The maximum absolute atomic E-state index is 5.10. The molecule has 6 nitrogen and oxygen atoms in total.